The maximum atomic E-state index is 12.7. The molecule has 1 fully saturated rings. The lowest BCUT2D eigenvalue weighted by atomic mass is 10.1. The maximum Gasteiger partial charge on any atom is 0.255 e. The van der Waals surface area contributed by atoms with Gasteiger partial charge in [-0.2, -0.15) is 5.10 Å². The molecule has 1 N–H and O–H groups in total. The Hall–Kier alpha value is -2.50. The second kappa shape index (κ2) is 6.78. The molecule has 6 heteroatoms. The molecule has 0 saturated heterocycles. The van der Waals surface area contributed by atoms with Gasteiger partial charge in [0, 0.05) is 31.3 Å². The summed E-state index contributed by atoms with van der Waals surface area (Å²) in [6.45, 7) is 1.29. The normalized spacial score (nSPS) is 17.3. The number of nitrogens with one attached hydrogen (secondary N) is 1. The molecule has 2 aromatic rings. The Labute approximate surface area is 147 Å². The summed E-state index contributed by atoms with van der Waals surface area (Å²) in [5.41, 5.74) is 2.14. The van der Waals surface area contributed by atoms with Crippen LogP contribution in [0.15, 0.2) is 24.4 Å². The Morgan fingerprint density at radius 2 is 1.92 bits per heavy atom. The van der Waals surface area contributed by atoms with Crippen molar-refractivity contribution in [2.45, 2.75) is 38.1 Å². The fraction of sp³-hybridized carbons (Fsp3) is 0.474. The number of fused-ring (bicyclic) bond motifs is 1. The molecule has 4 rings (SSSR count). The van der Waals surface area contributed by atoms with Crippen LogP contribution in [0.2, 0.25) is 0 Å². The molecule has 1 saturated carbocycles. The lowest BCUT2D eigenvalue weighted by Crippen LogP contribution is -2.32. The van der Waals surface area contributed by atoms with E-state index < -0.39 is 0 Å². The molecule has 1 aliphatic heterocycles. The highest BCUT2D eigenvalue weighted by Gasteiger charge is 2.23. The minimum atomic E-state index is -0.0536. The third-order valence-corrected chi connectivity index (χ3v) is 4.78. The number of amides is 1. The Morgan fingerprint density at radius 3 is 2.72 bits per heavy atom. The fourth-order valence-electron chi connectivity index (χ4n) is 3.51. The van der Waals surface area contributed by atoms with Crippen LogP contribution in [0.4, 0.5) is 0 Å². The van der Waals surface area contributed by atoms with Gasteiger partial charge in [-0.05, 0) is 31.0 Å². The molecule has 25 heavy (non-hydrogen) atoms. The third kappa shape index (κ3) is 3.34. The fourth-order valence-corrected chi connectivity index (χ4v) is 3.51. The van der Waals surface area contributed by atoms with Crippen LogP contribution in [0, 0.1) is 0 Å². The highest BCUT2D eigenvalue weighted by molar-refractivity contribution is 6.00. The zero-order valence-electron chi connectivity index (χ0n) is 14.5. The predicted molar refractivity (Wildman–Crippen MR) is 94.0 cm³/mol. The van der Waals surface area contributed by atoms with Crippen molar-refractivity contribution in [2.24, 2.45) is 7.05 Å². The molecule has 2 heterocycles. The quantitative estimate of drug-likeness (QED) is 0.932. The third-order valence-electron chi connectivity index (χ3n) is 4.78. The Kier molecular flexibility index (Phi) is 4.34. The molecule has 2 aliphatic rings. The van der Waals surface area contributed by atoms with E-state index in [9.17, 15) is 4.79 Å². The van der Waals surface area contributed by atoms with Crippen molar-refractivity contribution < 1.29 is 14.3 Å². The standard InChI is InChI=1S/C19H23N3O3/c1-22-12-15(19(23)20-14-5-2-3-6-14)18(21-22)13-7-8-16-17(11-13)25-10-4-9-24-16/h7-8,11-12,14H,2-6,9-10H2,1H3,(H,20,23). The van der Waals surface area contributed by atoms with E-state index >= 15 is 0 Å². The molecule has 1 amide bonds. The number of aryl methyl sites for hydroxylation is 1. The van der Waals surface area contributed by atoms with E-state index in [0.29, 0.717) is 30.2 Å². The summed E-state index contributed by atoms with van der Waals surface area (Å²) in [4.78, 5) is 12.7. The van der Waals surface area contributed by atoms with Crippen molar-refractivity contribution in [1.29, 1.82) is 0 Å². The summed E-state index contributed by atoms with van der Waals surface area (Å²) in [5.74, 6) is 1.40. The first kappa shape index (κ1) is 16.0. The molecule has 132 valence electrons. The number of hydrogen-bond acceptors (Lipinski definition) is 4. The minimum Gasteiger partial charge on any atom is -0.490 e. The largest absolute Gasteiger partial charge is 0.490 e. The summed E-state index contributed by atoms with van der Waals surface area (Å²) < 4.78 is 13.1. The van der Waals surface area contributed by atoms with Crippen LogP contribution in [-0.4, -0.2) is 34.9 Å². The summed E-state index contributed by atoms with van der Waals surface area (Å²) >= 11 is 0. The Balaban J connectivity index is 1.64. The number of hydrogen-bond donors (Lipinski definition) is 1. The van der Waals surface area contributed by atoms with Gasteiger partial charge in [0.15, 0.2) is 11.5 Å². The number of aromatic nitrogens is 2. The van der Waals surface area contributed by atoms with E-state index in [2.05, 4.69) is 10.4 Å². The minimum absolute atomic E-state index is 0.0536. The van der Waals surface area contributed by atoms with Crippen LogP contribution in [0.1, 0.15) is 42.5 Å². The summed E-state index contributed by atoms with van der Waals surface area (Å²) in [5, 5.41) is 7.65. The van der Waals surface area contributed by atoms with Crippen molar-refractivity contribution in [3.05, 3.63) is 30.0 Å². The molecular weight excluding hydrogens is 318 g/mol. The summed E-state index contributed by atoms with van der Waals surface area (Å²) in [6.07, 6.45) is 7.14. The first-order valence-corrected chi connectivity index (χ1v) is 8.95. The van der Waals surface area contributed by atoms with E-state index in [0.717, 1.165) is 30.6 Å². The molecule has 1 aromatic heterocycles. The average molecular weight is 341 g/mol. The maximum absolute atomic E-state index is 12.7. The van der Waals surface area contributed by atoms with E-state index in [1.165, 1.54) is 12.8 Å². The van der Waals surface area contributed by atoms with Crippen LogP contribution in [0.5, 0.6) is 11.5 Å². The monoisotopic (exact) mass is 341 g/mol. The van der Waals surface area contributed by atoms with E-state index in [1.54, 1.807) is 10.9 Å². The van der Waals surface area contributed by atoms with E-state index in [4.69, 9.17) is 9.47 Å². The highest BCUT2D eigenvalue weighted by atomic mass is 16.5. The molecule has 0 bridgehead atoms. The van der Waals surface area contributed by atoms with Gasteiger partial charge < -0.3 is 14.8 Å². The molecule has 0 unspecified atom stereocenters. The first-order chi connectivity index (χ1) is 12.2. The molecule has 0 spiro atoms. The zero-order chi connectivity index (χ0) is 17.2. The van der Waals surface area contributed by atoms with Crippen LogP contribution in [0.25, 0.3) is 11.3 Å². The number of carbonyl (C=O) groups excluding carboxylic acids is 1. The number of nitrogens with zero attached hydrogens (tertiary/aromatic N) is 2. The van der Waals surface area contributed by atoms with Crippen molar-refractivity contribution in [3.63, 3.8) is 0 Å². The molecule has 0 radical (unpaired) electrons. The average Bonchev–Trinajstić information content (AvgIpc) is 3.18. The lowest BCUT2D eigenvalue weighted by Gasteiger charge is -2.12. The van der Waals surface area contributed by atoms with Gasteiger partial charge in [-0.3, -0.25) is 9.48 Å². The lowest BCUT2D eigenvalue weighted by molar-refractivity contribution is 0.0938. The molecule has 1 aromatic carbocycles. The zero-order valence-corrected chi connectivity index (χ0v) is 14.5. The Morgan fingerprint density at radius 1 is 1.16 bits per heavy atom. The summed E-state index contributed by atoms with van der Waals surface area (Å²) in [6, 6.07) is 6.02. The molecule has 6 nitrogen and oxygen atoms in total. The Bertz CT molecular complexity index is 778. The number of benzene rings is 1. The SMILES string of the molecule is Cn1cc(C(=O)NC2CCCC2)c(-c2ccc3c(c2)OCCCO3)n1. The number of ether oxygens (including phenoxy) is 2. The van der Waals surface area contributed by atoms with E-state index in [1.807, 2.05) is 25.2 Å². The van der Waals surface area contributed by atoms with Crippen LogP contribution >= 0.6 is 0 Å². The van der Waals surface area contributed by atoms with Gasteiger partial charge >= 0.3 is 0 Å². The molecule has 0 atom stereocenters. The van der Waals surface area contributed by atoms with Crippen LogP contribution in [-0.2, 0) is 7.05 Å². The smallest absolute Gasteiger partial charge is 0.255 e. The van der Waals surface area contributed by atoms with E-state index in [-0.39, 0.29) is 11.9 Å². The van der Waals surface area contributed by atoms with Crippen molar-refractivity contribution in [2.75, 3.05) is 13.2 Å². The predicted octanol–water partition coefficient (Wildman–Crippen LogP) is 2.92. The second-order valence-corrected chi connectivity index (χ2v) is 6.73. The molecule has 1 aliphatic carbocycles. The van der Waals surface area contributed by atoms with Gasteiger partial charge in [-0.1, -0.05) is 12.8 Å². The first-order valence-electron chi connectivity index (χ1n) is 8.95. The van der Waals surface area contributed by atoms with Crippen LogP contribution in [0.3, 0.4) is 0 Å². The summed E-state index contributed by atoms with van der Waals surface area (Å²) in [7, 11) is 1.83. The topological polar surface area (TPSA) is 65.4 Å². The van der Waals surface area contributed by atoms with Crippen LogP contribution < -0.4 is 14.8 Å². The van der Waals surface area contributed by atoms with Crippen molar-refractivity contribution in [1.82, 2.24) is 15.1 Å². The molecular formula is C19H23N3O3. The van der Waals surface area contributed by atoms with Gasteiger partial charge in [0.2, 0.25) is 0 Å². The number of rotatable bonds is 3. The van der Waals surface area contributed by atoms with Crippen molar-refractivity contribution in [3.8, 4) is 22.8 Å². The highest BCUT2D eigenvalue weighted by Crippen LogP contribution is 2.34. The van der Waals surface area contributed by atoms with Gasteiger partial charge in [0.25, 0.3) is 5.91 Å². The van der Waals surface area contributed by atoms with Crippen molar-refractivity contribution >= 4 is 5.91 Å². The van der Waals surface area contributed by atoms with Gasteiger partial charge in [0.1, 0.15) is 5.69 Å². The van der Waals surface area contributed by atoms with Gasteiger partial charge in [-0.25, -0.2) is 0 Å². The van der Waals surface area contributed by atoms with Gasteiger partial charge in [0.05, 0.1) is 18.8 Å². The second-order valence-electron chi connectivity index (χ2n) is 6.73. The van der Waals surface area contributed by atoms with Gasteiger partial charge in [-0.15, -0.1) is 0 Å². The number of carbonyl (C=O) groups is 1.